The van der Waals surface area contributed by atoms with Crippen LogP contribution in [0.25, 0.3) is 10.8 Å². The van der Waals surface area contributed by atoms with Gasteiger partial charge in [-0.05, 0) is 40.6 Å². The van der Waals surface area contributed by atoms with Crippen LogP contribution < -0.4 is 11.2 Å². The second-order valence-corrected chi connectivity index (χ2v) is 8.23. The summed E-state index contributed by atoms with van der Waals surface area (Å²) in [7, 11) is 2.72. The van der Waals surface area contributed by atoms with Crippen molar-refractivity contribution >= 4 is 33.3 Å². The number of hydrogen-bond acceptors (Lipinski definition) is 5. The summed E-state index contributed by atoms with van der Waals surface area (Å²) in [6, 6.07) is 19.5. The minimum atomic E-state index is -0.655. The molecule has 0 aliphatic rings. The van der Waals surface area contributed by atoms with Crippen molar-refractivity contribution in [2.75, 3.05) is 0 Å². The molecule has 32 heavy (non-hydrogen) atoms. The van der Waals surface area contributed by atoms with E-state index in [1.54, 1.807) is 0 Å². The second-order valence-electron chi connectivity index (χ2n) is 7.27. The van der Waals surface area contributed by atoms with Crippen molar-refractivity contribution in [1.29, 1.82) is 0 Å². The Morgan fingerprint density at radius 3 is 2.38 bits per heavy atom. The molecule has 0 fully saturated rings. The van der Waals surface area contributed by atoms with E-state index in [0.717, 1.165) is 25.5 Å². The number of rotatable bonds is 4. The van der Waals surface area contributed by atoms with Crippen molar-refractivity contribution in [3.8, 4) is 5.88 Å². The van der Waals surface area contributed by atoms with Gasteiger partial charge < -0.3 is 5.11 Å². The monoisotopic (exact) mass is 449 g/mol. The molecule has 4 aromatic rings. The normalized spacial score (nSPS) is 11.8. The SMILES string of the molecule is Cn1c(O)c(C(=Nc2ccc(F)cc2)SCc2ccc3ccccc3c2)c(=O)n(C)c1=O. The quantitative estimate of drug-likeness (QED) is 0.376. The number of aromatic hydroxyl groups is 1. The van der Waals surface area contributed by atoms with Crippen LogP contribution in [-0.2, 0) is 19.8 Å². The van der Waals surface area contributed by atoms with E-state index in [2.05, 4.69) is 11.1 Å². The lowest BCUT2D eigenvalue weighted by atomic mass is 10.1. The Kier molecular flexibility index (Phi) is 5.96. The van der Waals surface area contributed by atoms with E-state index in [1.165, 1.54) is 50.1 Å². The molecule has 0 amide bonds. The van der Waals surface area contributed by atoms with Crippen LogP contribution in [0.1, 0.15) is 11.1 Å². The van der Waals surface area contributed by atoms with E-state index in [-0.39, 0.29) is 10.6 Å². The Bertz CT molecular complexity index is 1460. The van der Waals surface area contributed by atoms with E-state index in [9.17, 15) is 19.1 Å². The third-order valence-electron chi connectivity index (χ3n) is 5.09. The maximum absolute atomic E-state index is 13.3. The van der Waals surface area contributed by atoms with Crippen molar-refractivity contribution in [2.45, 2.75) is 5.75 Å². The molecule has 0 radical (unpaired) electrons. The van der Waals surface area contributed by atoms with Gasteiger partial charge in [-0.15, -0.1) is 11.8 Å². The molecule has 0 aliphatic carbocycles. The average Bonchev–Trinajstić information content (AvgIpc) is 2.81. The molecule has 0 aliphatic heterocycles. The molecule has 162 valence electrons. The predicted octanol–water partition coefficient (Wildman–Crippen LogP) is 4.09. The van der Waals surface area contributed by atoms with Gasteiger partial charge in [-0.1, -0.05) is 42.5 Å². The van der Waals surface area contributed by atoms with E-state index in [0.29, 0.717) is 11.4 Å². The molecule has 0 unspecified atom stereocenters. The minimum Gasteiger partial charge on any atom is -0.494 e. The third-order valence-corrected chi connectivity index (χ3v) is 6.14. The third kappa shape index (κ3) is 4.22. The maximum atomic E-state index is 13.3. The summed E-state index contributed by atoms with van der Waals surface area (Å²) in [5.41, 5.74) is 0.0449. The number of thioether (sulfide) groups is 1. The molecule has 0 spiro atoms. The molecular formula is C24H20FN3O3S. The molecule has 8 heteroatoms. The smallest absolute Gasteiger partial charge is 0.333 e. The number of halogens is 1. The predicted molar refractivity (Wildman–Crippen MR) is 126 cm³/mol. The van der Waals surface area contributed by atoms with Gasteiger partial charge in [0.2, 0.25) is 5.88 Å². The summed E-state index contributed by atoms with van der Waals surface area (Å²) < 4.78 is 15.3. The summed E-state index contributed by atoms with van der Waals surface area (Å²) in [6.45, 7) is 0. The molecule has 0 saturated heterocycles. The van der Waals surface area contributed by atoms with Crippen LogP contribution in [0.3, 0.4) is 0 Å². The first kappa shape index (κ1) is 21.6. The van der Waals surface area contributed by atoms with E-state index in [1.807, 2.05) is 36.4 Å². The van der Waals surface area contributed by atoms with Crippen LogP contribution in [0.4, 0.5) is 10.1 Å². The molecule has 1 N–H and O–H groups in total. The first-order valence-corrected chi connectivity index (χ1v) is 10.8. The fourth-order valence-corrected chi connectivity index (χ4v) is 4.27. The van der Waals surface area contributed by atoms with Crippen molar-refractivity contribution < 1.29 is 9.50 Å². The lowest BCUT2D eigenvalue weighted by molar-refractivity contribution is 0.410. The van der Waals surface area contributed by atoms with Gasteiger partial charge in [-0.2, -0.15) is 0 Å². The number of fused-ring (bicyclic) bond motifs is 1. The van der Waals surface area contributed by atoms with Crippen LogP contribution in [0.2, 0.25) is 0 Å². The number of aliphatic imine (C=N–C) groups is 1. The number of benzene rings is 3. The van der Waals surface area contributed by atoms with Gasteiger partial charge in [0.25, 0.3) is 5.56 Å². The van der Waals surface area contributed by atoms with Crippen molar-refractivity contribution in [3.05, 3.63) is 105 Å². The molecule has 0 bridgehead atoms. The lowest BCUT2D eigenvalue weighted by Crippen LogP contribution is -2.39. The molecular weight excluding hydrogens is 429 g/mol. The van der Waals surface area contributed by atoms with Crippen molar-refractivity contribution in [3.63, 3.8) is 0 Å². The average molecular weight is 450 g/mol. The topological polar surface area (TPSA) is 76.6 Å². The fourth-order valence-electron chi connectivity index (χ4n) is 3.29. The molecule has 1 aromatic heterocycles. The molecule has 6 nitrogen and oxygen atoms in total. The van der Waals surface area contributed by atoms with Gasteiger partial charge >= 0.3 is 5.69 Å². The Morgan fingerprint density at radius 1 is 0.969 bits per heavy atom. The highest BCUT2D eigenvalue weighted by atomic mass is 32.2. The van der Waals surface area contributed by atoms with Crippen LogP contribution in [-0.4, -0.2) is 19.3 Å². The summed E-state index contributed by atoms with van der Waals surface area (Å²) in [5.74, 6) is -0.406. The number of aromatic nitrogens is 2. The van der Waals surface area contributed by atoms with Crippen LogP contribution in [0.5, 0.6) is 5.88 Å². The van der Waals surface area contributed by atoms with Gasteiger partial charge in [-0.25, -0.2) is 14.2 Å². The Morgan fingerprint density at radius 2 is 1.66 bits per heavy atom. The van der Waals surface area contributed by atoms with Gasteiger partial charge in [-0.3, -0.25) is 13.9 Å². The van der Waals surface area contributed by atoms with Crippen LogP contribution in [0, 0.1) is 5.82 Å². The fraction of sp³-hybridized carbons (Fsp3) is 0.125. The second kappa shape index (κ2) is 8.84. The zero-order chi connectivity index (χ0) is 22.8. The summed E-state index contributed by atoms with van der Waals surface area (Å²) in [4.78, 5) is 29.5. The van der Waals surface area contributed by atoms with E-state index in [4.69, 9.17) is 0 Å². The maximum Gasteiger partial charge on any atom is 0.333 e. The summed E-state index contributed by atoms with van der Waals surface area (Å²) >= 11 is 1.25. The lowest BCUT2D eigenvalue weighted by Gasteiger charge is -2.13. The number of nitrogens with zero attached hydrogens (tertiary/aromatic N) is 3. The zero-order valence-corrected chi connectivity index (χ0v) is 18.3. The van der Waals surface area contributed by atoms with Gasteiger partial charge in [0.05, 0.1) is 5.69 Å². The highest BCUT2D eigenvalue weighted by molar-refractivity contribution is 8.13. The Labute approximate surface area is 187 Å². The first-order valence-electron chi connectivity index (χ1n) is 9.79. The first-order chi connectivity index (χ1) is 15.3. The van der Waals surface area contributed by atoms with E-state index < -0.39 is 22.9 Å². The van der Waals surface area contributed by atoms with Crippen LogP contribution in [0.15, 0.2) is 81.3 Å². The molecule has 3 aromatic carbocycles. The summed E-state index contributed by atoms with van der Waals surface area (Å²) in [6.07, 6.45) is 0. The summed E-state index contributed by atoms with van der Waals surface area (Å²) in [5, 5.41) is 13.0. The number of hydrogen-bond donors (Lipinski definition) is 1. The highest BCUT2D eigenvalue weighted by Gasteiger charge is 2.21. The Balaban J connectivity index is 1.79. The van der Waals surface area contributed by atoms with Gasteiger partial charge in [0.15, 0.2) is 0 Å². The van der Waals surface area contributed by atoms with Gasteiger partial charge in [0.1, 0.15) is 16.4 Å². The molecule has 0 atom stereocenters. The largest absolute Gasteiger partial charge is 0.494 e. The zero-order valence-electron chi connectivity index (χ0n) is 17.4. The van der Waals surface area contributed by atoms with Crippen molar-refractivity contribution in [1.82, 2.24) is 9.13 Å². The molecule has 0 saturated carbocycles. The van der Waals surface area contributed by atoms with Gasteiger partial charge in [0, 0.05) is 19.8 Å². The molecule has 1 heterocycles. The Hall–Kier alpha value is -3.65. The minimum absolute atomic E-state index is 0.0790. The standard InChI is InChI=1S/C24H20FN3O3S/c1-27-22(29)20(23(30)28(2)24(27)31)21(26-19-11-9-18(25)10-12-19)32-14-15-7-8-16-5-3-4-6-17(16)13-15/h3-13,29H,14H2,1-2H3. The van der Waals surface area contributed by atoms with Crippen LogP contribution >= 0.6 is 11.8 Å². The highest BCUT2D eigenvalue weighted by Crippen LogP contribution is 2.27. The van der Waals surface area contributed by atoms with Crippen molar-refractivity contribution in [2.24, 2.45) is 19.1 Å². The molecule has 4 rings (SSSR count). The van der Waals surface area contributed by atoms with E-state index >= 15 is 0 Å².